The molecule has 2 saturated heterocycles. The van der Waals surface area contributed by atoms with Crippen LogP contribution in [0.5, 0.6) is 0 Å². The molecule has 0 amide bonds. The van der Waals surface area contributed by atoms with Gasteiger partial charge in [0.2, 0.25) is 0 Å². The highest BCUT2D eigenvalue weighted by atomic mass is 15.2. The largest absolute Gasteiger partial charge is 0.354 e. The van der Waals surface area contributed by atoms with E-state index >= 15 is 0 Å². The normalized spacial score (nSPS) is 19.4. The fraction of sp³-hybridized carbons (Fsp3) is 0.500. The number of pyridine rings is 1. The molecule has 2 aliphatic heterocycles. The highest BCUT2D eigenvalue weighted by molar-refractivity contribution is 5.98. The quantitative estimate of drug-likeness (QED) is 0.359. The Morgan fingerprint density at radius 2 is 1.77 bits per heavy atom. The molecule has 0 unspecified atom stereocenters. The molecule has 0 saturated carbocycles. The van der Waals surface area contributed by atoms with Crippen molar-refractivity contribution in [3.8, 4) is 11.3 Å². The lowest BCUT2D eigenvalue weighted by atomic mass is 9.87. The van der Waals surface area contributed by atoms with Gasteiger partial charge < -0.3 is 19.8 Å². The second-order valence-corrected chi connectivity index (χ2v) is 10.9. The van der Waals surface area contributed by atoms with Crippen LogP contribution in [0.1, 0.15) is 63.5 Å². The molecule has 0 atom stereocenters. The van der Waals surface area contributed by atoms with Crippen LogP contribution in [0.15, 0.2) is 42.7 Å². The van der Waals surface area contributed by atoms with Crippen LogP contribution in [0.25, 0.3) is 33.2 Å². The minimum absolute atomic E-state index is 0.673. The molecule has 0 spiro atoms. The Balaban J connectivity index is 1.21. The monoisotopic (exact) mass is 469 g/mol. The summed E-state index contributed by atoms with van der Waals surface area (Å²) in [6.45, 7) is 12.0. The zero-order chi connectivity index (χ0) is 23.9. The van der Waals surface area contributed by atoms with Crippen LogP contribution in [-0.2, 0) is 6.42 Å². The third-order valence-electron chi connectivity index (χ3n) is 8.76. The minimum atomic E-state index is 0.673. The van der Waals surface area contributed by atoms with Crippen LogP contribution in [-0.4, -0.2) is 63.0 Å². The summed E-state index contributed by atoms with van der Waals surface area (Å²) < 4.78 is 0. The van der Waals surface area contributed by atoms with Gasteiger partial charge in [0.1, 0.15) is 5.65 Å². The SMILES string of the molecule is CCc1c(-c2ccnc3[nH]ccc23)[nH]c2ccc(C3CCN(C4CCN(C(C)C)CC4)CC3)cc12. The van der Waals surface area contributed by atoms with E-state index in [1.54, 1.807) is 0 Å². The zero-order valence-corrected chi connectivity index (χ0v) is 21.5. The highest BCUT2D eigenvalue weighted by Gasteiger charge is 2.29. The maximum atomic E-state index is 4.49. The van der Waals surface area contributed by atoms with Gasteiger partial charge in [-0.3, -0.25) is 0 Å². The number of aryl methyl sites for hydroxylation is 1. The van der Waals surface area contributed by atoms with Crippen LogP contribution in [0.4, 0.5) is 0 Å². The summed E-state index contributed by atoms with van der Waals surface area (Å²) in [5.74, 6) is 0.673. The Bertz CT molecular complexity index is 1300. The van der Waals surface area contributed by atoms with Crippen LogP contribution < -0.4 is 0 Å². The van der Waals surface area contributed by atoms with E-state index in [-0.39, 0.29) is 0 Å². The number of hydrogen-bond donors (Lipinski definition) is 2. The molecule has 6 rings (SSSR count). The number of nitrogens with one attached hydrogen (secondary N) is 2. The van der Waals surface area contributed by atoms with Crippen molar-refractivity contribution in [2.75, 3.05) is 26.2 Å². The molecule has 5 heteroatoms. The number of benzene rings is 1. The number of nitrogens with zero attached hydrogens (tertiary/aromatic N) is 3. The second kappa shape index (κ2) is 9.44. The summed E-state index contributed by atoms with van der Waals surface area (Å²) in [4.78, 5) is 16.9. The molecule has 0 aliphatic carbocycles. The summed E-state index contributed by atoms with van der Waals surface area (Å²) in [7, 11) is 0. The first-order valence-electron chi connectivity index (χ1n) is 13.7. The van der Waals surface area contributed by atoms with Gasteiger partial charge in [-0.25, -0.2) is 4.98 Å². The maximum absolute atomic E-state index is 4.49. The van der Waals surface area contributed by atoms with Crippen LogP contribution in [0, 0.1) is 0 Å². The van der Waals surface area contributed by atoms with Crippen molar-refractivity contribution in [1.29, 1.82) is 0 Å². The van der Waals surface area contributed by atoms with Crippen molar-refractivity contribution < 1.29 is 0 Å². The maximum Gasteiger partial charge on any atom is 0.137 e. The molecule has 0 bridgehead atoms. The number of likely N-dealkylation sites (tertiary alicyclic amines) is 2. The average molecular weight is 470 g/mol. The number of hydrogen-bond acceptors (Lipinski definition) is 3. The summed E-state index contributed by atoms with van der Waals surface area (Å²) in [5, 5.41) is 2.57. The molecular weight excluding hydrogens is 430 g/mol. The fourth-order valence-electron chi connectivity index (χ4n) is 6.66. The number of rotatable bonds is 5. The van der Waals surface area contributed by atoms with Crippen molar-refractivity contribution >= 4 is 21.9 Å². The number of piperidine rings is 2. The van der Waals surface area contributed by atoms with Gasteiger partial charge in [-0.15, -0.1) is 0 Å². The first-order chi connectivity index (χ1) is 17.1. The Labute approximate surface area is 208 Å². The lowest BCUT2D eigenvalue weighted by Gasteiger charge is -2.43. The number of aromatic amines is 2. The Morgan fingerprint density at radius 3 is 2.51 bits per heavy atom. The van der Waals surface area contributed by atoms with Crippen molar-refractivity contribution in [2.24, 2.45) is 0 Å². The van der Waals surface area contributed by atoms with Crippen molar-refractivity contribution in [1.82, 2.24) is 24.8 Å². The van der Waals surface area contributed by atoms with Crippen molar-refractivity contribution in [3.63, 3.8) is 0 Å². The van der Waals surface area contributed by atoms with E-state index in [1.165, 1.54) is 90.5 Å². The van der Waals surface area contributed by atoms with Crippen molar-refractivity contribution in [2.45, 2.75) is 70.9 Å². The molecule has 4 aromatic rings. The fourth-order valence-corrected chi connectivity index (χ4v) is 6.66. The second-order valence-electron chi connectivity index (χ2n) is 10.9. The van der Waals surface area contributed by atoms with Gasteiger partial charge in [0.25, 0.3) is 0 Å². The summed E-state index contributed by atoms with van der Waals surface area (Å²) in [5.41, 5.74) is 7.62. The van der Waals surface area contributed by atoms with E-state index in [4.69, 9.17) is 0 Å². The molecule has 2 fully saturated rings. The smallest absolute Gasteiger partial charge is 0.137 e. The topological polar surface area (TPSA) is 51.0 Å². The van der Waals surface area contributed by atoms with Gasteiger partial charge >= 0.3 is 0 Å². The minimum Gasteiger partial charge on any atom is -0.354 e. The Kier molecular flexibility index (Phi) is 6.15. The van der Waals surface area contributed by atoms with E-state index < -0.39 is 0 Å². The zero-order valence-electron chi connectivity index (χ0n) is 21.5. The first-order valence-corrected chi connectivity index (χ1v) is 13.7. The lowest BCUT2D eigenvalue weighted by molar-refractivity contribution is 0.0753. The third-order valence-corrected chi connectivity index (χ3v) is 8.76. The van der Waals surface area contributed by atoms with E-state index in [9.17, 15) is 0 Å². The molecular formula is C30H39N5. The van der Waals surface area contributed by atoms with Crippen molar-refractivity contribution in [3.05, 3.63) is 53.9 Å². The lowest BCUT2D eigenvalue weighted by Crippen LogP contribution is -2.48. The molecule has 1 aromatic carbocycles. The molecule has 3 aromatic heterocycles. The summed E-state index contributed by atoms with van der Waals surface area (Å²) in [6.07, 6.45) is 10.1. The van der Waals surface area contributed by atoms with E-state index in [0.717, 1.165) is 18.1 Å². The van der Waals surface area contributed by atoms with Gasteiger partial charge in [0.15, 0.2) is 0 Å². The van der Waals surface area contributed by atoms with Gasteiger partial charge in [0, 0.05) is 46.3 Å². The first kappa shape index (κ1) is 22.8. The number of H-pyrrole nitrogens is 2. The molecule has 35 heavy (non-hydrogen) atoms. The van der Waals surface area contributed by atoms with Gasteiger partial charge in [0.05, 0.1) is 5.69 Å². The number of aromatic nitrogens is 3. The van der Waals surface area contributed by atoms with Crippen LogP contribution in [0.2, 0.25) is 0 Å². The highest BCUT2D eigenvalue weighted by Crippen LogP contribution is 2.37. The molecule has 184 valence electrons. The molecule has 0 radical (unpaired) electrons. The standard InChI is InChI=1S/C30H39N5/c1-4-24-27-19-22(21-9-15-35(16-10-21)23-11-17-34(18-12-23)20(2)3)5-6-28(27)33-29(24)25-7-13-31-30-26(25)8-14-32-30/h5-8,13-14,19-21,23,33H,4,9-12,15-18H2,1-3H3,(H,31,32). The van der Waals surface area contributed by atoms with E-state index in [2.05, 4.69) is 75.9 Å². The average Bonchev–Trinajstić information content (AvgIpc) is 3.53. The Morgan fingerprint density at radius 1 is 0.971 bits per heavy atom. The molecule has 2 aliphatic rings. The Hall–Kier alpha value is -2.63. The van der Waals surface area contributed by atoms with E-state index in [1.807, 2.05) is 12.4 Å². The predicted octanol–water partition coefficient (Wildman–Crippen LogP) is 6.33. The predicted molar refractivity (Wildman–Crippen MR) is 146 cm³/mol. The molecule has 5 heterocycles. The summed E-state index contributed by atoms with van der Waals surface area (Å²) >= 11 is 0. The number of fused-ring (bicyclic) bond motifs is 2. The molecule has 2 N–H and O–H groups in total. The van der Waals surface area contributed by atoms with Gasteiger partial charge in [-0.05, 0) is 113 Å². The molecule has 5 nitrogen and oxygen atoms in total. The van der Waals surface area contributed by atoms with Gasteiger partial charge in [-0.2, -0.15) is 0 Å². The van der Waals surface area contributed by atoms with Crippen LogP contribution >= 0.6 is 0 Å². The summed E-state index contributed by atoms with van der Waals surface area (Å²) in [6, 6.07) is 12.9. The van der Waals surface area contributed by atoms with E-state index in [0.29, 0.717) is 12.0 Å². The third kappa shape index (κ3) is 4.19. The van der Waals surface area contributed by atoms with Gasteiger partial charge in [-0.1, -0.05) is 13.0 Å². The van der Waals surface area contributed by atoms with Crippen LogP contribution in [0.3, 0.4) is 0 Å².